The lowest BCUT2D eigenvalue weighted by Gasteiger charge is -2.32. The molecule has 108 valence electrons. The summed E-state index contributed by atoms with van der Waals surface area (Å²) in [4.78, 5) is 0. The zero-order valence-corrected chi connectivity index (χ0v) is 12.3. The van der Waals surface area contributed by atoms with Gasteiger partial charge in [0.15, 0.2) is 0 Å². The van der Waals surface area contributed by atoms with Gasteiger partial charge in [-0.15, -0.1) is 0 Å². The molecule has 3 nitrogen and oxygen atoms in total. The van der Waals surface area contributed by atoms with Gasteiger partial charge >= 0.3 is 7.12 Å². The number of benzene rings is 1. The van der Waals surface area contributed by atoms with Crippen molar-refractivity contribution in [3.8, 4) is 0 Å². The van der Waals surface area contributed by atoms with Crippen LogP contribution in [-0.4, -0.2) is 30.0 Å². The Morgan fingerprint density at radius 3 is 2.25 bits per heavy atom. The third-order valence-corrected chi connectivity index (χ3v) is 3.98. The van der Waals surface area contributed by atoms with Gasteiger partial charge in [-0.05, 0) is 39.2 Å². The van der Waals surface area contributed by atoms with Crippen LogP contribution >= 0.6 is 0 Å². The summed E-state index contributed by atoms with van der Waals surface area (Å²) in [5, 5.41) is 9.53. The third-order valence-electron chi connectivity index (χ3n) is 3.98. The first-order valence-electron chi connectivity index (χ1n) is 6.68. The summed E-state index contributed by atoms with van der Waals surface area (Å²) in [5.74, 6) is -0.338. The number of rotatable bonds is 3. The standard InChI is InChI=1S/C15H20BFO3/c1-14(2)15(3,4)20-16(19-14)12(10-18)9-11-7-5-6-8-13(11)17/h5-9,18H,10H2,1-4H3. The molecule has 1 saturated heterocycles. The van der Waals surface area contributed by atoms with Crippen LogP contribution in [0, 0.1) is 5.82 Å². The van der Waals surface area contributed by atoms with Crippen molar-refractivity contribution in [2.45, 2.75) is 38.9 Å². The Bertz CT molecular complexity index is 510. The molecule has 0 unspecified atom stereocenters. The van der Waals surface area contributed by atoms with Crippen LogP contribution in [0.25, 0.3) is 6.08 Å². The zero-order valence-electron chi connectivity index (χ0n) is 12.3. The van der Waals surface area contributed by atoms with E-state index >= 15 is 0 Å². The van der Waals surface area contributed by atoms with Gasteiger partial charge in [-0.1, -0.05) is 24.3 Å². The predicted molar refractivity (Wildman–Crippen MR) is 77.5 cm³/mol. The van der Waals surface area contributed by atoms with Gasteiger partial charge in [0.25, 0.3) is 0 Å². The molecule has 0 aliphatic carbocycles. The summed E-state index contributed by atoms with van der Waals surface area (Å²) < 4.78 is 25.4. The topological polar surface area (TPSA) is 38.7 Å². The van der Waals surface area contributed by atoms with Crippen LogP contribution < -0.4 is 0 Å². The van der Waals surface area contributed by atoms with Gasteiger partial charge in [-0.3, -0.25) is 0 Å². The molecule has 0 atom stereocenters. The van der Waals surface area contributed by atoms with Crippen LogP contribution in [0.4, 0.5) is 4.39 Å². The highest BCUT2D eigenvalue weighted by Gasteiger charge is 2.52. The Labute approximate surface area is 119 Å². The number of hydrogen-bond acceptors (Lipinski definition) is 3. The van der Waals surface area contributed by atoms with Crippen molar-refractivity contribution in [2.75, 3.05) is 6.61 Å². The summed E-state index contributed by atoms with van der Waals surface area (Å²) in [6.45, 7) is 7.50. The SMILES string of the molecule is CC1(C)OB(C(=Cc2ccccc2F)CO)OC1(C)C. The molecule has 5 heteroatoms. The molecule has 1 fully saturated rings. The molecule has 1 heterocycles. The largest absolute Gasteiger partial charge is 0.492 e. The van der Waals surface area contributed by atoms with E-state index in [9.17, 15) is 9.50 Å². The van der Waals surface area contributed by atoms with E-state index in [0.29, 0.717) is 11.0 Å². The van der Waals surface area contributed by atoms with Gasteiger partial charge in [0, 0.05) is 5.56 Å². The van der Waals surface area contributed by atoms with Gasteiger partial charge in [0.05, 0.1) is 17.8 Å². The quantitative estimate of drug-likeness (QED) is 0.864. The minimum absolute atomic E-state index is 0.245. The van der Waals surface area contributed by atoms with Crippen LogP contribution in [0.3, 0.4) is 0 Å². The van der Waals surface area contributed by atoms with Gasteiger partial charge in [-0.25, -0.2) is 4.39 Å². The van der Waals surface area contributed by atoms with E-state index in [2.05, 4.69) is 0 Å². The summed E-state index contributed by atoms with van der Waals surface area (Å²) in [6, 6.07) is 6.40. The average Bonchev–Trinajstić information content (AvgIpc) is 2.57. The van der Waals surface area contributed by atoms with Crippen molar-refractivity contribution in [3.05, 3.63) is 41.1 Å². The van der Waals surface area contributed by atoms with Crippen molar-refractivity contribution in [3.63, 3.8) is 0 Å². The molecule has 2 rings (SSSR count). The highest BCUT2D eigenvalue weighted by atomic mass is 19.1. The summed E-state index contributed by atoms with van der Waals surface area (Å²) in [7, 11) is -0.662. The predicted octanol–water partition coefficient (Wildman–Crippen LogP) is 2.83. The molecule has 1 aliphatic heterocycles. The molecular weight excluding hydrogens is 258 g/mol. The maximum atomic E-state index is 13.7. The number of aliphatic hydroxyl groups excluding tert-OH is 1. The highest BCUT2D eigenvalue weighted by molar-refractivity contribution is 6.55. The molecule has 1 aromatic carbocycles. The zero-order chi connectivity index (χ0) is 15.0. The number of aliphatic hydroxyl groups is 1. The van der Waals surface area contributed by atoms with E-state index in [1.54, 1.807) is 24.3 Å². The number of hydrogen-bond donors (Lipinski definition) is 1. The fraction of sp³-hybridized carbons (Fsp3) is 0.467. The van der Waals surface area contributed by atoms with E-state index in [4.69, 9.17) is 9.31 Å². The van der Waals surface area contributed by atoms with E-state index < -0.39 is 18.3 Å². The first-order valence-corrected chi connectivity index (χ1v) is 6.68. The molecular formula is C15H20BFO3. The second-order valence-corrected chi connectivity index (χ2v) is 5.99. The van der Waals surface area contributed by atoms with E-state index in [-0.39, 0.29) is 12.4 Å². The first-order chi connectivity index (χ1) is 9.27. The summed E-state index contributed by atoms with van der Waals surface area (Å²) in [6.07, 6.45) is 1.58. The molecule has 0 spiro atoms. The van der Waals surface area contributed by atoms with Gasteiger partial charge in [0.1, 0.15) is 5.82 Å². The molecule has 0 saturated carbocycles. The molecule has 1 N–H and O–H groups in total. The molecule has 20 heavy (non-hydrogen) atoms. The van der Waals surface area contributed by atoms with Crippen LogP contribution in [0.5, 0.6) is 0 Å². The molecule has 0 amide bonds. The van der Waals surface area contributed by atoms with Crippen LogP contribution in [-0.2, 0) is 9.31 Å². The molecule has 1 aromatic rings. The Balaban J connectivity index is 2.29. The second-order valence-electron chi connectivity index (χ2n) is 5.99. The highest BCUT2D eigenvalue weighted by Crippen LogP contribution is 2.38. The Morgan fingerprint density at radius 1 is 1.20 bits per heavy atom. The molecule has 0 bridgehead atoms. The Kier molecular flexibility index (Phi) is 4.05. The molecule has 0 radical (unpaired) electrons. The van der Waals surface area contributed by atoms with Crippen LogP contribution in [0.2, 0.25) is 0 Å². The minimum atomic E-state index is -0.662. The Morgan fingerprint density at radius 2 is 1.75 bits per heavy atom. The van der Waals surface area contributed by atoms with E-state index in [0.717, 1.165) is 0 Å². The second kappa shape index (κ2) is 5.32. The van der Waals surface area contributed by atoms with Crippen molar-refractivity contribution >= 4 is 13.2 Å². The summed E-state index contributed by atoms with van der Waals surface area (Å²) in [5.41, 5.74) is -0.0532. The maximum absolute atomic E-state index is 13.7. The normalized spacial score (nSPS) is 21.3. The fourth-order valence-electron chi connectivity index (χ4n) is 1.97. The summed E-state index contributed by atoms with van der Waals surface area (Å²) >= 11 is 0. The van der Waals surface area contributed by atoms with Crippen molar-refractivity contribution in [1.82, 2.24) is 0 Å². The van der Waals surface area contributed by atoms with E-state index in [1.165, 1.54) is 6.07 Å². The van der Waals surface area contributed by atoms with Crippen molar-refractivity contribution < 1.29 is 18.8 Å². The van der Waals surface area contributed by atoms with Gasteiger partial charge in [-0.2, -0.15) is 0 Å². The monoisotopic (exact) mass is 278 g/mol. The third kappa shape index (κ3) is 2.80. The molecule has 0 aromatic heterocycles. The average molecular weight is 278 g/mol. The van der Waals surface area contributed by atoms with Crippen LogP contribution in [0.15, 0.2) is 29.7 Å². The van der Waals surface area contributed by atoms with Crippen molar-refractivity contribution in [1.29, 1.82) is 0 Å². The molecule has 1 aliphatic rings. The van der Waals surface area contributed by atoms with Crippen LogP contribution in [0.1, 0.15) is 33.3 Å². The van der Waals surface area contributed by atoms with Crippen molar-refractivity contribution in [2.24, 2.45) is 0 Å². The van der Waals surface area contributed by atoms with E-state index in [1.807, 2.05) is 27.7 Å². The number of halogens is 1. The fourth-order valence-corrected chi connectivity index (χ4v) is 1.97. The lowest BCUT2D eigenvalue weighted by Crippen LogP contribution is -2.41. The van der Waals surface area contributed by atoms with Gasteiger partial charge < -0.3 is 14.4 Å². The Hall–Kier alpha value is -1.17. The maximum Gasteiger partial charge on any atom is 0.492 e. The minimum Gasteiger partial charge on any atom is -0.400 e. The van der Waals surface area contributed by atoms with Gasteiger partial charge in [0.2, 0.25) is 0 Å². The smallest absolute Gasteiger partial charge is 0.400 e. The lowest BCUT2D eigenvalue weighted by molar-refractivity contribution is 0.00578. The first kappa shape index (κ1) is 15.2. The lowest BCUT2D eigenvalue weighted by atomic mass is 9.77.